The average molecular weight is 240 g/mol. The number of likely N-dealkylation sites (tertiary alicyclic amines) is 1. The van der Waals surface area contributed by atoms with Gasteiger partial charge in [0.05, 0.1) is 5.41 Å². The summed E-state index contributed by atoms with van der Waals surface area (Å²) in [5.74, 6) is -0.818. The molecule has 2 fully saturated rings. The van der Waals surface area contributed by atoms with Crippen LogP contribution in [0.3, 0.4) is 0 Å². The van der Waals surface area contributed by atoms with Crippen molar-refractivity contribution in [2.24, 2.45) is 10.8 Å². The number of hydrogen-bond acceptors (Lipinski definition) is 2. The van der Waals surface area contributed by atoms with Crippen molar-refractivity contribution in [2.45, 2.75) is 33.1 Å². The van der Waals surface area contributed by atoms with Gasteiger partial charge in [0.25, 0.3) is 0 Å². The fraction of sp³-hybridized carbons (Fsp3) is 0.833. The van der Waals surface area contributed by atoms with Crippen molar-refractivity contribution >= 4 is 12.0 Å². The molecule has 2 amide bonds. The summed E-state index contributed by atoms with van der Waals surface area (Å²) < 4.78 is 0. The second-order valence-corrected chi connectivity index (χ2v) is 6.01. The molecule has 1 heterocycles. The van der Waals surface area contributed by atoms with Gasteiger partial charge in [-0.15, -0.1) is 0 Å². The number of rotatable bonds is 3. The van der Waals surface area contributed by atoms with Crippen LogP contribution in [0.1, 0.15) is 33.1 Å². The SMILES string of the molecule is CC1(CNC(=O)N2CCC(C)(C(=O)O)C2)CC1. The average Bonchev–Trinajstić information content (AvgIpc) is 2.85. The first kappa shape index (κ1) is 12.2. The maximum atomic E-state index is 11.9. The van der Waals surface area contributed by atoms with Gasteiger partial charge < -0.3 is 15.3 Å². The lowest BCUT2D eigenvalue weighted by molar-refractivity contribution is -0.146. The lowest BCUT2D eigenvalue weighted by Crippen LogP contribution is -2.42. The molecule has 1 aliphatic carbocycles. The number of nitrogens with one attached hydrogen (secondary N) is 1. The highest BCUT2D eigenvalue weighted by molar-refractivity contribution is 5.79. The van der Waals surface area contributed by atoms with Crippen LogP contribution in [0.4, 0.5) is 4.79 Å². The van der Waals surface area contributed by atoms with Gasteiger partial charge in [0, 0.05) is 19.6 Å². The predicted molar refractivity (Wildman–Crippen MR) is 62.7 cm³/mol. The van der Waals surface area contributed by atoms with E-state index < -0.39 is 11.4 Å². The lowest BCUT2D eigenvalue weighted by atomic mass is 9.90. The van der Waals surface area contributed by atoms with Crippen molar-refractivity contribution in [1.82, 2.24) is 10.2 Å². The lowest BCUT2D eigenvalue weighted by Gasteiger charge is -2.21. The molecule has 0 aromatic rings. The molecule has 2 aliphatic rings. The smallest absolute Gasteiger partial charge is 0.317 e. The second kappa shape index (κ2) is 3.89. The molecular formula is C12H20N2O3. The Labute approximate surface area is 101 Å². The summed E-state index contributed by atoms with van der Waals surface area (Å²) in [6.45, 7) is 5.39. The second-order valence-electron chi connectivity index (χ2n) is 6.01. The van der Waals surface area contributed by atoms with E-state index in [-0.39, 0.29) is 11.4 Å². The molecule has 96 valence electrons. The molecule has 1 saturated carbocycles. The summed E-state index contributed by atoms with van der Waals surface area (Å²) in [6, 6.07) is -0.122. The van der Waals surface area contributed by atoms with Crippen LogP contribution in [-0.4, -0.2) is 41.6 Å². The minimum atomic E-state index is -0.818. The number of amides is 2. The van der Waals surface area contributed by atoms with Crippen LogP contribution in [0.2, 0.25) is 0 Å². The van der Waals surface area contributed by atoms with Crippen LogP contribution in [0.5, 0.6) is 0 Å². The minimum Gasteiger partial charge on any atom is -0.481 e. The third-order valence-electron chi connectivity index (χ3n) is 4.05. The molecule has 0 bridgehead atoms. The van der Waals surface area contributed by atoms with E-state index in [1.807, 2.05) is 0 Å². The number of carboxylic acids is 1. The van der Waals surface area contributed by atoms with E-state index >= 15 is 0 Å². The maximum absolute atomic E-state index is 11.9. The first-order valence-electron chi connectivity index (χ1n) is 6.11. The highest BCUT2D eigenvalue weighted by Crippen LogP contribution is 2.44. The highest BCUT2D eigenvalue weighted by atomic mass is 16.4. The molecule has 1 unspecified atom stereocenters. The third kappa shape index (κ3) is 2.53. The van der Waals surface area contributed by atoms with Crippen molar-refractivity contribution in [2.75, 3.05) is 19.6 Å². The molecule has 2 N–H and O–H groups in total. The normalized spacial score (nSPS) is 30.1. The molecule has 17 heavy (non-hydrogen) atoms. The van der Waals surface area contributed by atoms with Gasteiger partial charge in [-0.2, -0.15) is 0 Å². The van der Waals surface area contributed by atoms with E-state index in [9.17, 15) is 9.59 Å². The van der Waals surface area contributed by atoms with E-state index in [2.05, 4.69) is 12.2 Å². The Morgan fingerprint density at radius 3 is 2.41 bits per heavy atom. The Balaban J connectivity index is 1.83. The summed E-state index contributed by atoms with van der Waals surface area (Å²) >= 11 is 0. The quantitative estimate of drug-likeness (QED) is 0.781. The Morgan fingerprint density at radius 2 is 1.94 bits per heavy atom. The summed E-state index contributed by atoms with van der Waals surface area (Å²) in [7, 11) is 0. The number of carbonyl (C=O) groups is 2. The fourth-order valence-corrected chi connectivity index (χ4v) is 2.10. The van der Waals surface area contributed by atoms with Crippen molar-refractivity contribution in [3.8, 4) is 0 Å². The molecule has 0 spiro atoms. The molecule has 1 saturated heterocycles. The standard InChI is InChI=1S/C12H20N2O3/c1-11(3-4-11)7-13-10(17)14-6-5-12(2,8-14)9(15)16/h3-8H2,1-2H3,(H,13,17)(H,15,16). The van der Waals surface area contributed by atoms with E-state index in [0.29, 0.717) is 26.1 Å². The Bertz CT molecular complexity index is 352. The summed E-state index contributed by atoms with van der Waals surface area (Å²) in [4.78, 5) is 24.5. The number of urea groups is 1. The summed E-state index contributed by atoms with van der Waals surface area (Å²) in [6.07, 6.45) is 2.87. The minimum absolute atomic E-state index is 0.122. The van der Waals surface area contributed by atoms with Crippen molar-refractivity contribution < 1.29 is 14.7 Å². The number of aliphatic carboxylic acids is 1. The molecule has 0 aromatic carbocycles. The third-order valence-corrected chi connectivity index (χ3v) is 4.05. The molecule has 2 rings (SSSR count). The molecule has 5 heteroatoms. The summed E-state index contributed by atoms with van der Waals surface area (Å²) in [5, 5.41) is 12.0. The largest absolute Gasteiger partial charge is 0.481 e. The van der Waals surface area contributed by atoms with Crippen molar-refractivity contribution in [3.05, 3.63) is 0 Å². The van der Waals surface area contributed by atoms with Gasteiger partial charge in [-0.25, -0.2) is 4.79 Å². The predicted octanol–water partition coefficient (Wildman–Crippen LogP) is 1.29. The van der Waals surface area contributed by atoms with Crippen LogP contribution >= 0.6 is 0 Å². The highest BCUT2D eigenvalue weighted by Gasteiger charge is 2.43. The van der Waals surface area contributed by atoms with Gasteiger partial charge in [0.15, 0.2) is 0 Å². The molecule has 1 atom stereocenters. The zero-order valence-corrected chi connectivity index (χ0v) is 10.5. The monoisotopic (exact) mass is 240 g/mol. The summed E-state index contributed by atoms with van der Waals surface area (Å²) in [5.41, 5.74) is -0.494. The van der Waals surface area contributed by atoms with Gasteiger partial charge in [-0.3, -0.25) is 4.79 Å². The van der Waals surface area contributed by atoms with Crippen LogP contribution in [0, 0.1) is 10.8 Å². The first-order chi connectivity index (χ1) is 7.85. The van der Waals surface area contributed by atoms with E-state index in [4.69, 9.17) is 5.11 Å². The van der Waals surface area contributed by atoms with Gasteiger partial charge in [-0.1, -0.05) is 6.92 Å². The van der Waals surface area contributed by atoms with Crippen molar-refractivity contribution in [1.29, 1.82) is 0 Å². The zero-order valence-electron chi connectivity index (χ0n) is 10.5. The topological polar surface area (TPSA) is 69.6 Å². The van der Waals surface area contributed by atoms with Gasteiger partial charge in [-0.05, 0) is 31.6 Å². The van der Waals surface area contributed by atoms with Crippen molar-refractivity contribution in [3.63, 3.8) is 0 Å². The number of nitrogens with zero attached hydrogens (tertiary/aromatic N) is 1. The van der Waals surface area contributed by atoms with Crippen LogP contribution in [0.25, 0.3) is 0 Å². The molecule has 1 aliphatic heterocycles. The zero-order chi connectivity index (χ0) is 12.7. The maximum Gasteiger partial charge on any atom is 0.317 e. The first-order valence-corrected chi connectivity index (χ1v) is 6.11. The van der Waals surface area contributed by atoms with E-state index in [1.54, 1.807) is 11.8 Å². The van der Waals surface area contributed by atoms with E-state index in [0.717, 1.165) is 0 Å². The van der Waals surface area contributed by atoms with E-state index in [1.165, 1.54) is 12.8 Å². The number of carbonyl (C=O) groups excluding carboxylic acids is 1. The molecule has 0 radical (unpaired) electrons. The van der Waals surface area contributed by atoms with Gasteiger partial charge >= 0.3 is 12.0 Å². The molecule has 5 nitrogen and oxygen atoms in total. The molecular weight excluding hydrogens is 220 g/mol. The van der Waals surface area contributed by atoms with Gasteiger partial charge in [0.2, 0.25) is 0 Å². The number of carboxylic acid groups (broad SMARTS) is 1. The van der Waals surface area contributed by atoms with Crippen LogP contribution in [-0.2, 0) is 4.79 Å². The Morgan fingerprint density at radius 1 is 1.29 bits per heavy atom. The fourth-order valence-electron chi connectivity index (χ4n) is 2.10. The number of hydrogen-bond donors (Lipinski definition) is 2. The molecule has 0 aromatic heterocycles. The Kier molecular flexibility index (Phi) is 2.79. The Hall–Kier alpha value is -1.26. The van der Waals surface area contributed by atoms with Gasteiger partial charge in [0.1, 0.15) is 0 Å². The van der Waals surface area contributed by atoms with Crippen LogP contribution in [0.15, 0.2) is 0 Å². The van der Waals surface area contributed by atoms with Crippen LogP contribution < -0.4 is 5.32 Å².